The minimum atomic E-state index is -0.908. The van der Waals surface area contributed by atoms with E-state index in [0.717, 1.165) is 12.1 Å². The highest BCUT2D eigenvalue weighted by molar-refractivity contribution is 5.77. The van der Waals surface area contributed by atoms with Gasteiger partial charge in [-0.15, -0.1) is 0 Å². The van der Waals surface area contributed by atoms with Gasteiger partial charge in [-0.25, -0.2) is 18.7 Å². The predicted octanol–water partition coefficient (Wildman–Crippen LogP) is 1.71. The number of halogens is 2. The second-order valence-electron chi connectivity index (χ2n) is 2.30. The van der Waals surface area contributed by atoms with E-state index in [0.29, 0.717) is 10.9 Å². The summed E-state index contributed by atoms with van der Waals surface area (Å²) < 4.78 is 25.2. The fourth-order valence-corrected chi connectivity index (χ4v) is 0.933. The van der Waals surface area contributed by atoms with Crippen LogP contribution in [0.15, 0.2) is 18.3 Å². The van der Waals surface area contributed by atoms with Gasteiger partial charge < -0.3 is 0 Å². The number of hydrogen-bond donors (Lipinski definition) is 0. The van der Waals surface area contributed by atoms with Crippen molar-refractivity contribution in [2.45, 2.75) is 0 Å². The van der Waals surface area contributed by atoms with E-state index >= 15 is 0 Å². The van der Waals surface area contributed by atoms with Crippen molar-refractivity contribution in [2.24, 2.45) is 0 Å². The van der Waals surface area contributed by atoms with Crippen molar-refractivity contribution in [3.05, 3.63) is 36.3 Å². The molecule has 1 heterocycles. The molecular weight excluding hydrogens is 162 g/mol. The van der Waals surface area contributed by atoms with Crippen LogP contribution >= 0.6 is 0 Å². The molecule has 0 N–H and O–H groups in total. The molecule has 2 aromatic rings. The zero-order chi connectivity index (χ0) is 8.55. The first-order valence-corrected chi connectivity index (χ1v) is 3.25. The van der Waals surface area contributed by atoms with Gasteiger partial charge in [0.2, 0.25) is 0 Å². The van der Waals surface area contributed by atoms with Gasteiger partial charge in [0.05, 0.1) is 5.52 Å². The van der Waals surface area contributed by atoms with E-state index in [9.17, 15) is 8.78 Å². The lowest BCUT2D eigenvalue weighted by Crippen LogP contribution is -1.87. The van der Waals surface area contributed by atoms with Crippen molar-refractivity contribution in [2.75, 3.05) is 0 Å². The highest BCUT2D eigenvalue weighted by atomic mass is 19.2. The van der Waals surface area contributed by atoms with Gasteiger partial charge in [-0.3, -0.25) is 0 Å². The molecule has 2 nitrogen and oxygen atoms in total. The van der Waals surface area contributed by atoms with Crippen LogP contribution < -0.4 is 0 Å². The summed E-state index contributed by atoms with van der Waals surface area (Å²) >= 11 is 0. The Morgan fingerprint density at radius 2 is 1.92 bits per heavy atom. The summed E-state index contributed by atoms with van der Waals surface area (Å²) in [7, 11) is 0. The first-order chi connectivity index (χ1) is 5.77. The van der Waals surface area contributed by atoms with Gasteiger partial charge in [0.25, 0.3) is 0 Å². The van der Waals surface area contributed by atoms with Crippen LogP contribution in [0.25, 0.3) is 10.9 Å². The fourth-order valence-electron chi connectivity index (χ4n) is 0.933. The van der Waals surface area contributed by atoms with Crippen molar-refractivity contribution in [1.82, 2.24) is 9.97 Å². The molecule has 0 aliphatic heterocycles. The molecule has 0 amide bonds. The molecule has 59 valence electrons. The fraction of sp³-hybridized carbons (Fsp3) is 0. The third-order valence-electron chi connectivity index (χ3n) is 1.50. The summed E-state index contributed by atoms with van der Waals surface area (Å²) in [5.41, 5.74) is 0.351. The van der Waals surface area contributed by atoms with Crippen LogP contribution in [0.1, 0.15) is 0 Å². The van der Waals surface area contributed by atoms with E-state index in [4.69, 9.17) is 0 Å². The van der Waals surface area contributed by atoms with Crippen molar-refractivity contribution in [3.8, 4) is 0 Å². The molecule has 0 fully saturated rings. The first kappa shape index (κ1) is 7.09. The highest BCUT2D eigenvalue weighted by Crippen LogP contribution is 2.14. The highest BCUT2D eigenvalue weighted by Gasteiger charge is 2.03. The summed E-state index contributed by atoms with van der Waals surface area (Å²) in [6, 6.07) is 2.07. The molecule has 0 unspecified atom stereocenters. The third-order valence-corrected chi connectivity index (χ3v) is 1.50. The lowest BCUT2D eigenvalue weighted by atomic mass is 10.2. The van der Waals surface area contributed by atoms with E-state index in [1.165, 1.54) is 6.20 Å². The van der Waals surface area contributed by atoms with E-state index in [1.54, 1.807) is 0 Å². The smallest absolute Gasteiger partial charge is 0.198 e. The first-order valence-electron chi connectivity index (χ1n) is 3.25. The molecular formula is C8H3F2N2. The Morgan fingerprint density at radius 1 is 1.17 bits per heavy atom. The van der Waals surface area contributed by atoms with Gasteiger partial charge in [-0.05, 0) is 6.07 Å². The van der Waals surface area contributed by atoms with Gasteiger partial charge in [0.15, 0.2) is 18.0 Å². The lowest BCUT2D eigenvalue weighted by molar-refractivity contribution is 0.510. The summed E-state index contributed by atoms with van der Waals surface area (Å²) in [4.78, 5) is 7.20. The molecule has 0 aliphatic rings. The van der Waals surface area contributed by atoms with E-state index < -0.39 is 11.6 Å². The van der Waals surface area contributed by atoms with E-state index in [-0.39, 0.29) is 0 Å². The van der Waals surface area contributed by atoms with Crippen LogP contribution in [0.4, 0.5) is 8.78 Å². The van der Waals surface area contributed by atoms with Crippen molar-refractivity contribution >= 4 is 10.9 Å². The number of fused-ring (bicyclic) bond motifs is 1. The number of benzene rings is 1. The molecule has 1 radical (unpaired) electrons. The Bertz CT molecular complexity index is 388. The average molecular weight is 165 g/mol. The third kappa shape index (κ3) is 1.01. The number of hydrogen-bond acceptors (Lipinski definition) is 2. The second-order valence-corrected chi connectivity index (χ2v) is 2.30. The van der Waals surface area contributed by atoms with E-state index in [1.807, 2.05) is 0 Å². The van der Waals surface area contributed by atoms with Gasteiger partial charge in [0, 0.05) is 17.6 Å². The molecule has 0 atom stereocenters. The average Bonchev–Trinajstić information content (AvgIpc) is 2.07. The van der Waals surface area contributed by atoms with Crippen LogP contribution in [-0.4, -0.2) is 9.97 Å². The summed E-state index contributed by atoms with van der Waals surface area (Å²) in [5.74, 6) is -1.80. The van der Waals surface area contributed by atoms with Gasteiger partial charge in [-0.2, -0.15) is 0 Å². The van der Waals surface area contributed by atoms with Crippen molar-refractivity contribution < 1.29 is 8.78 Å². The molecule has 0 aliphatic carbocycles. The maximum Gasteiger partial charge on any atom is 0.198 e. The zero-order valence-electron chi connectivity index (χ0n) is 5.88. The Hall–Kier alpha value is -1.58. The topological polar surface area (TPSA) is 25.8 Å². The van der Waals surface area contributed by atoms with Gasteiger partial charge in [0.1, 0.15) is 0 Å². The molecule has 0 saturated carbocycles. The van der Waals surface area contributed by atoms with Crippen LogP contribution in [0.5, 0.6) is 0 Å². The molecule has 0 bridgehead atoms. The largest absolute Gasteiger partial charge is 0.233 e. The maximum absolute atomic E-state index is 12.6. The minimum absolute atomic E-state index is 0.351. The van der Waals surface area contributed by atoms with Crippen LogP contribution in [0, 0.1) is 18.0 Å². The molecule has 0 saturated heterocycles. The van der Waals surface area contributed by atoms with Gasteiger partial charge >= 0.3 is 0 Å². The number of rotatable bonds is 0. The zero-order valence-corrected chi connectivity index (χ0v) is 5.88. The Morgan fingerprint density at radius 3 is 2.75 bits per heavy atom. The van der Waals surface area contributed by atoms with E-state index in [2.05, 4.69) is 16.3 Å². The SMILES string of the molecule is Fc1cc2cn[c]nc2cc1F. The van der Waals surface area contributed by atoms with Crippen molar-refractivity contribution in [3.63, 3.8) is 0 Å². The normalized spacial score (nSPS) is 10.5. The van der Waals surface area contributed by atoms with Gasteiger partial charge in [-0.1, -0.05) is 0 Å². The minimum Gasteiger partial charge on any atom is -0.233 e. The molecule has 1 aromatic carbocycles. The standard InChI is InChI=1S/C8H3F2N2/c9-6-1-5-3-11-4-12-8(5)2-7(6)10/h1-3H. The van der Waals surface area contributed by atoms with Crippen LogP contribution in [-0.2, 0) is 0 Å². The number of aromatic nitrogens is 2. The Balaban J connectivity index is 2.84. The summed E-state index contributed by atoms with van der Waals surface area (Å²) in [5, 5.41) is 0.465. The predicted molar refractivity (Wildman–Crippen MR) is 38.3 cm³/mol. The summed E-state index contributed by atoms with van der Waals surface area (Å²) in [6.45, 7) is 0. The monoisotopic (exact) mass is 165 g/mol. The van der Waals surface area contributed by atoms with Crippen molar-refractivity contribution in [1.29, 1.82) is 0 Å². The lowest BCUT2D eigenvalue weighted by Gasteiger charge is -1.95. The summed E-state index contributed by atoms with van der Waals surface area (Å²) in [6.07, 6.45) is 3.67. The number of nitrogens with zero attached hydrogens (tertiary/aromatic N) is 2. The Kier molecular flexibility index (Phi) is 1.46. The second kappa shape index (κ2) is 2.48. The molecule has 4 heteroatoms. The quantitative estimate of drug-likeness (QED) is 0.593. The molecule has 12 heavy (non-hydrogen) atoms. The maximum atomic E-state index is 12.6. The van der Waals surface area contributed by atoms with Crippen LogP contribution in [0.2, 0.25) is 0 Å². The Labute approximate surface area is 66.9 Å². The molecule has 2 rings (SSSR count). The molecule has 1 aromatic heterocycles. The molecule has 0 spiro atoms. The van der Waals surface area contributed by atoms with Crippen LogP contribution in [0.3, 0.4) is 0 Å².